The number of esters is 1. The normalized spacial score (nSPS) is 17.0. The summed E-state index contributed by atoms with van der Waals surface area (Å²) >= 11 is -1.16. The maximum atomic E-state index is 13.0. The lowest BCUT2D eigenvalue weighted by Crippen LogP contribution is -2.37. The highest BCUT2D eigenvalue weighted by molar-refractivity contribution is 7.88. The smallest absolute Gasteiger partial charge is 0.509 e. The zero-order valence-electron chi connectivity index (χ0n) is 28.7. The molecule has 2 aliphatic rings. The predicted octanol–water partition coefficient (Wildman–Crippen LogP) is 3.03. The van der Waals surface area contributed by atoms with Gasteiger partial charge in [0.2, 0.25) is 18.4 Å². The van der Waals surface area contributed by atoms with Crippen LogP contribution >= 0.6 is 0 Å². The molecule has 3 aromatic rings. The molecule has 0 saturated carbocycles. The van der Waals surface area contributed by atoms with E-state index in [0.717, 1.165) is 22.0 Å². The van der Waals surface area contributed by atoms with Crippen molar-refractivity contribution in [3.05, 3.63) is 88.1 Å². The van der Waals surface area contributed by atoms with E-state index in [4.69, 9.17) is 19.2 Å². The first-order valence-electron chi connectivity index (χ1n) is 16.2. The Bertz CT molecular complexity index is 1870. The van der Waals surface area contributed by atoms with Crippen molar-refractivity contribution in [1.82, 2.24) is 19.5 Å². The van der Waals surface area contributed by atoms with Crippen molar-refractivity contribution < 1.29 is 42.7 Å². The van der Waals surface area contributed by atoms with Crippen LogP contribution in [0.5, 0.6) is 0 Å². The molecule has 2 unspecified atom stereocenters. The number of hydrogen-bond acceptors (Lipinski definition) is 12. The summed E-state index contributed by atoms with van der Waals surface area (Å²) in [6, 6.07) is 14.3. The highest BCUT2D eigenvalue weighted by atomic mass is 32.2. The molecule has 2 N–H and O–H groups in total. The molecule has 0 radical (unpaired) electrons. The number of carbonyl (C=O) groups is 5. The van der Waals surface area contributed by atoms with E-state index in [1.165, 1.54) is 0 Å². The number of pyridine rings is 1. The Morgan fingerprint density at radius 2 is 1.92 bits per heavy atom. The lowest BCUT2D eigenvalue weighted by atomic mass is 9.96. The van der Waals surface area contributed by atoms with Crippen LogP contribution in [0.1, 0.15) is 36.2 Å². The van der Waals surface area contributed by atoms with Gasteiger partial charge in [-0.15, -0.1) is 4.31 Å². The SMILES string of the molecule is CC(C)N(CCc1c2c(nc3ccccc13)/C(=C/C1=C(C=O)COC(=O)C1OC(=O)OCc1ccc(NC(=O)CNC=O)cc1)N(C)C2)[S+](C)[O-]. The molecule has 2 aromatic carbocycles. The molecule has 51 heavy (non-hydrogen) atoms. The number of carbonyl (C=O) groups excluding carboxylic acids is 5. The molecule has 268 valence electrons. The van der Waals surface area contributed by atoms with Gasteiger partial charge in [0.05, 0.1) is 23.5 Å². The van der Waals surface area contributed by atoms with Crippen LogP contribution in [0.25, 0.3) is 16.6 Å². The Hall–Kier alpha value is -5.25. The Balaban J connectivity index is 1.38. The van der Waals surface area contributed by atoms with Crippen LogP contribution in [0.3, 0.4) is 0 Å². The van der Waals surface area contributed by atoms with Crippen molar-refractivity contribution in [3.8, 4) is 0 Å². The van der Waals surface area contributed by atoms with E-state index in [2.05, 4.69) is 10.6 Å². The van der Waals surface area contributed by atoms with Gasteiger partial charge in [-0.3, -0.25) is 14.4 Å². The number of nitrogens with one attached hydrogen (secondary N) is 2. The number of para-hydroxylation sites is 1. The van der Waals surface area contributed by atoms with E-state index in [-0.39, 0.29) is 36.9 Å². The number of anilines is 1. The van der Waals surface area contributed by atoms with Gasteiger partial charge in [0.25, 0.3) is 0 Å². The summed E-state index contributed by atoms with van der Waals surface area (Å²) in [6.45, 7) is 4.38. The maximum absolute atomic E-state index is 13.0. The fraction of sp³-hybridized carbons (Fsp3) is 0.333. The monoisotopic (exact) mass is 717 g/mol. The minimum Gasteiger partial charge on any atom is -0.598 e. The second-order valence-corrected chi connectivity index (χ2v) is 13.5. The van der Waals surface area contributed by atoms with E-state index in [1.807, 2.05) is 54.4 Å². The summed E-state index contributed by atoms with van der Waals surface area (Å²) in [5.41, 5.74) is 5.40. The Morgan fingerprint density at radius 1 is 1.18 bits per heavy atom. The van der Waals surface area contributed by atoms with Crippen molar-refractivity contribution in [2.24, 2.45) is 0 Å². The average molecular weight is 718 g/mol. The molecule has 3 heterocycles. The van der Waals surface area contributed by atoms with Crippen LogP contribution in [-0.2, 0) is 64.3 Å². The Morgan fingerprint density at radius 3 is 2.61 bits per heavy atom. The molecule has 14 nitrogen and oxygen atoms in total. The lowest BCUT2D eigenvalue weighted by Gasteiger charge is -2.25. The van der Waals surface area contributed by atoms with Gasteiger partial charge in [0.1, 0.15) is 25.8 Å². The van der Waals surface area contributed by atoms with Crippen LogP contribution in [0, 0.1) is 0 Å². The van der Waals surface area contributed by atoms with Gasteiger partial charge in [-0.2, -0.15) is 0 Å². The third-order valence-electron chi connectivity index (χ3n) is 8.48. The van der Waals surface area contributed by atoms with Crippen molar-refractivity contribution in [2.45, 2.75) is 45.6 Å². The molecular weight excluding hydrogens is 678 g/mol. The Kier molecular flexibility index (Phi) is 12.1. The second kappa shape index (κ2) is 16.6. The molecule has 2 amide bonds. The number of aromatic nitrogens is 1. The number of cyclic esters (lactones) is 1. The first-order valence-corrected chi connectivity index (χ1v) is 17.7. The van der Waals surface area contributed by atoms with Crippen LogP contribution in [-0.4, -0.2) is 94.6 Å². The van der Waals surface area contributed by atoms with Crippen molar-refractivity contribution in [1.29, 1.82) is 0 Å². The summed E-state index contributed by atoms with van der Waals surface area (Å²) in [6.07, 6.45) is 2.18. The second-order valence-electron chi connectivity index (χ2n) is 12.2. The number of benzene rings is 2. The summed E-state index contributed by atoms with van der Waals surface area (Å²) in [7, 11) is 1.87. The maximum Gasteiger partial charge on any atom is 0.509 e. The van der Waals surface area contributed by atoms with Crippen LogP contribution in [0.4, 0.5) is 10.5 Å². The van der Waals surface area contributed by atoms with Crippen LogP contribution in [0.15, 0.2) is 65.8 Å². The van der Waals surface area contributed by atoms with Gasteiger partial charge in [-0.05, 0) is 55.7 Å². The molecule has 0 aliphatic carbocycles. The minimum absolute atomic E-state index is 0.0803. The molecule has 0 fully saturated rings. The van der Waals surface area contributed by atoms with Gasteiger partial charge < -0.3 is 34.3 Å². The summed E-state index contributed by atoms with van der Waals surface area (Å²) in [5.74, 6) is -1.27. The third-order valence-corrected chi connectivity index (χ3v) is 9.74. The molecule has 5 rings (SSSR count). The topological polar surface area (TPSA) is 180 Å². The third kappa shape index (κ3) is 8.74. The number of aldehydes is 1. The van der Waals surface area contributed by atoms with Crippen molar-refractivity contribution in [2.75, 3.05) is 38.3 Å². The largest absolute Gasteiger partial charge is 0.598 e. The van der Waals surface area contributed by atoms with Crippen molar-refractivity contribution >= 4 is 64.4 Å². The van der Waals surface area contributed by atoms with E-state index in [0.29, 0.717) is 54.8 Å². The molecule has 15 heteroatoms. The number of hydrogen-bond donors (Lipinski definition) is 2. The molecule has 0 saturated heterocycles. The van der Waals surface area contributed by atoms with Gasteiger partial charge >= 0.3 is 12.1 Å². The number of amides is 2. The van der Waals surface area contributed by atoms with Crippen LogP contribution < -0.4 is 10.6 Å². The molecule has 0 spiro atoms. The molecule has 1 aromatic heterocycles. The minimum atomic E-state index is -1.58. The number of fused-ring (bicyclic) bond motifs is 2. The van der Waals surface area contributed by atoms with E-state index >= 15 is 0 Å². The lowest BCUT2D eigenvalue weighted by molar-refractivity contribution is -0.153. The molecular formula is C36H39N5O9S. The zero-order chi connectivity index (χ0) is 36.7. The van der Waals surface area contributed by atoms with Gasteiger partial charge in [0.15, 0.2) is 0 Å². The summed E-state index contributed by atoms with van der Waals surface area (Å²) in [5, 5.41) is 5.86. The van der Waals surface area contributed by atoms with Crippen molar-refractivity contribution in [3.63, 3.8) is 0 Å². The van der Waals surface area contributed by atoms with Gasteiger partial charge in [0, 0.05) is 65.3 Å². The standard InChI is InChI=1S/C36H39N5O9S/c1-22(2)41(51(4)47)14-13-26-27-7-5-6-8-30(27)39-33-29(26)17-40(3)31(33)15-28-24(18-42)20-48-35(45)34(28)50-36(46)49-19-23-9-11-25(12-10-23)38-32(44)16-37-21-43/h5-12,15,18,21-22,34H,13-14,16-17,19-20H2,1-4H3,(H,37,43)(H,38,44)/b31-15-. The molecule has 0 bridgehead atoms. The number of nitrogens with zero attached hydrogens (tertiary/aromatic N) is 3. The highest BCUT2D eigenvalue weighted by Crippen LogP contribution is 2.38. The quantitative estimate of drug-likeness (QED) is 0.142. The van der Waals surface area contributed by atoms with E-state index in [9.17, 15) is 28.5 Å². The summed E-state index contributed by atoms with van der Waals surface area (Å²) < 4.78 is 30.3. The van der Waals surface area contributed by atoms with E-state index in [1.54, 1.807) is 36.6 Å². The van der Waals surface area contributed by atoms with Gasteiger partial charge in [-0.25, -0.2) is 14.6 Å². The zero-order valence-corrected chi connectivity index (χ0v) is 29.5. The van der Waals surface area contributed by atoms with E-state index < -0.39 is 35.5 Å². The highest BCUT2D eigenvalue weighted by Gasteiger charge is 2.37. The summed E-state index contributed by atoms with van der Waals surface area (Å²) in [4.78, 5) is 67.2. The Labute approximate surface area is 298 Å². The van der Waals surface area contributed by atoms with Gasteiger partial charge in [-0.1, -0.05) is 30.3 Å². The fourth-order valence-electron chi connectivity index (χ4n) is 6.00. The van der Waals surface area contributed by atoms with Crippen LogP contribution in [0.2, 0.25) is 0 Å². The number of ether oxygens (including phenoxy) is 3. The fourth-order valence-corrected chi connectivity index (χ4v) is 6.95. The molecule has 2 atom stereocenters. The molecule has 2 aliphatic heterocycles. The predicted molar refractivity (Wildman–Crippen MR) is 189 cm³/mol. The first-order chi connectivity index (χ1) is 24.5. The average Bonchev–Trinajstić information content (AvgIpc) is 3.41. The number of rotatable bonds is 14. The first kappa shape index (κ1) is 37.0.